The quantitative estimate of drug-likeness (QED) is 0.797. The number of nitrogens with one attached hydrogen (secondary N) is 1. The number of aryl methyl sites for hydroxylation is 1. The highest BCUT2D eigenvalue weighted by Gasteiger charge is 2.15. The molecule has 82 valence electrons. The van der Waals surface area contributed by atoms with Crippen LogP contribution in [-0.2, 0) is 0 Å². The van der Waals surface area contributed by atoms with Gasteiger partial charge in [0.25, 0.3) is 0 Å². The van der Waals surface area contributed by atoms with Gasteiger partial charge in [0.05, 0.1) is 0 Å². The molecule has 1 N–H and O–H groups in total. The minimum Gasteiger partial charge on any atom is -0.462 e. The van der Waals surface area contributed by atoms with Crippen LogP contribution in [0.1, 0.15) is 18.4 Å². The lowest BCUT2D eigenvalue weighted by Crippen LogP contribution is -2.28. The van der Waals surface area contributed by atoms with E-state index in [1.807, 2.05) is 6.92 Å². The molecule has 0 amide bonds. The van der Waals surface area contributed by atoms with Crippen molar-refractivity contribution in [3.05, 3.63) is 16.9 Å². The molecule has 1 aromatic rings. The van der Waals surface area contributed by atoms with E-state index in [0.29, 0.717) is 23.8 Å². The number of halogens is 1. The molecule has 4 nitrogen and oxygen atoms in total. The SMILES string of the molecule is Cc1cnc(OC[C@@H]2CCCN2)nc1Cl. The van der Waals surface area contributed by atoms with Gasteiger partial charge in [-0.3, -0.25) is 0 Å². The predicted octanol–water partition coefficient (Wildman–Crippen LogP) is 1.57. The molecule has 0 bridgehead atoms. The van der Waals surface area contributed by atoms with E-state index in [-0.39, 0.29) is 0 Å². The third-order valence-corrected chi connectivity index (χ3v) is 2.85. The van der Waals surface area contributed by atoms with Crippen molar-refractivity contribution in [1.82, 2.24) is 15.3 Å². The molecule has 2 rings (SSSR count). The number of rotatable bonds is 3. The molecule has 0 unspecified atom stereocenters. The summed E-state index contributed by atoms with van der Waals surface area (Å²) in [5.74, 6) is 0. The highest BCUT2D eigenvalue weighted by molar-refractivity contribution is 6.30. The van der Waals surface area contributed by atoms with Crippen LogP contribution in [0.4, 0.5) is 0 Å². The first kappa shape index (κ1) is 10.6. The van der Waals surface area contributed by atoms with Crippen LogP contribution in [0, 0.1) is 6.92 Å². The third-order valence-electron chi connectivity index (χ3n) is 2.46. The molecular weight excluding hydrogens is 214 g/mol. The van der Waals surface area contributed by atoms with E-state index in [1.165, 1.54) is 6.42 Å². The monoisotopic (exact) mass is 227 g/mol. The van der Waals surface area contributed by atoms with Crippen LogP contribution >= 0.6 is 11.6 Å². The molecule has 1 atom stereocenters. The van der Waals surface area contributed by atoms with Crippen molar-refractivity contribution in [2.24, 2.45) is 0 Å². The molecule has 1 fully saturated rings. The van der Waals surface area contributed by atoms with E-state index in [9.17, 15) is 0 Å². The van der Waals surface area contributed by atoms with Gasteiger partial charge < -0.3 is 10.1 Å². The summed E-state index contributed by atoms with van der Waals surface area (Å²) in [4.78, 5) is 8.09. The third kappa shape index (κ3) is 2.79. The van der Waals surface area contributed by atoms with E-state index in [0.717, 1.165) is 18.5 Å². The molecule has 0 saturated carbocycles. The van der Waals surface area contributed by atoms with Gasteiger partial charge in [-0.2, -0.15) is 4.98 Å². The Balaban J connectivity index is 1.90. The lowest BCUT2D eigenvalue weighted by molar-refractivity contribution is 0.257. The van der Waals surface area contributed by atoms with Gasteiger partial charge in [0.2, 0.25) is 0 Å². The Hall–Kier alpha value is -0.870. The highest BCUT2D eigenvalue weighted by atomic mass is 35.5. The number of ether oxygens (including phenoxy) is 1. The zero-order valence-corrected chi connectivity index (χ0v) is 9.42. The van der Waals surface area contributed by atoms with E-state index in [1.54, 1.807) is 6.20 Å². The fourth-order valence-corrected chi connectivity index (χ4v) is 1.67. The van der Waals surface area contributed by atoms with Crippen LogP contribution in [0.5, 0.6) is 6.01 Å². The zero-order valence-electron chi connectivity index (χ0n) is 8.66. The summed E-state index contributed by atoms with van der Waals surface area (Å²) in [6.07, 6.45) is 4.04. The van der Waals surface area contributed by atoms with Crippen LogP contribution in [0.2, 0.25) is 5.15 Å². The number of hydrogen-bond acceptors (Lipinski definition) is 4. The minimum atomic E-state index is 0.360. The van der Waals surface area contributed by atoms with Gasteiger partial charge in [-0.15, -0.1) is 0 Å². The minimum absolute atomic E-state index is 0.360. The first-order chi connectivity index (χ1) is 7.25. The average molecular weight is 228 g/mol. The molecule has 0 aromatic carbocycles. The maximum Gasteiger partial charge on any atom is 0.317 e. The van der Waals surface area contributed by atoms with Gasteiger partial charge in [-0.05, 0) is 26.3 Å². The van der Waals surface area contributed by atoms with Crippen molar-refractivity contribution in [1.29, 1.82) is 0 Å². The number of aromatic nitrogens is 2. The topological polar surface area (TPSA) is 47.0 Å². The van der Waals surface area contributed by atoms with Crippen LogP contribution in [0.3, 0.4) is 0 Å². The summed E-state index contributed by atoms with van der Waals surface area (Å²) in [5, 5.41) is 3.80. The highest BCUT2D eigenvalue weighted by Crippen LogP contribution is 2.14. The summed E-state index contributed by atoms with van der Waals surface area (Å²) >= 11 is 5.86. The van der Waals surface area contributed by atoms with Crippen LogP contribution in [0.15, 0.2) is 6.20 Å². The normalized spacial score (nSPS) is 20.5. The lowest BCUT2D eigenvalue weighted by atomic mass is 10.2. The second-order valence-electron chi connectivity index (χ2n) is 3.73. The van der Waals surface area contributed by atoms with Crippen molar-refractivity contribution >= 4 is 11.6 Å². The Morgan fingerprint density at radius 3 is 3.20 bits per heavy atom. The molecule has 5 heteroatoms. The average Bonchev–Trinajstić information content (AvgIpc) is 2.73. The van der Waals surface area contributed by atoms with Gasteiger partial charge in [-0.1, -0.05) is 11.6 Å². The first-order valence-corrected chi connectivity index (χ1v) is 5.49. The second kappa shape index (κ2) is 4.77. The largest absolute Gasteiger partial charge is 0.462 e. The molecule has 1 aromatic heterocycles. The van der Waals surface area contributed by atoms with E-state index in [4.69, 9.17) is 16.3 Å². The summed E-state index contributed by atoms with van der Waals surface area (Å²) < 4.78 is 5.46. The predicted molar refractivity (Wildman–Crippen MR) is 58.3 cm³/mol. The standard InChI is InChI=1S/C10H14ClN3O/c1-7-5-13-10(14-9(7)11)15-6-8-3-2-4-12-8/h5,8,12H,2-4,6H2,1H3/t8-/m0/s1. The Bertz CT molecular complexity index is 339. The second-order valence-corrected chi connectivity index (χ2v) is 4.09. The van der Waals surface area contributed by atoms with Gasteiger partial charge in [-0.25, -0.2) is 4.98 Å². The van der Waals surface area contributed by atoms with E-state index in [2.05, 4.69) is 15.3 Å². The van der Waals surface area contributed by atoms with Crippen LogP contribution in [-0.4, -0.2) is 29.2 Å². The Morgan fingerprint density at radius 2 is 2.53 bits per heavy atom. The molecule has 1 aliphatic heterocycles. The van der Waals surface area contributed by atoms with Crippen LogP contribution < -0.4 is 10.1 Å². The summed E-state index contributed by atoms with van der Waals surface area (Å²) in [6, 6.07) is 0.785. The van der Waals surface area contributed by atoms with Crippen molar-refractivity contribution in [2.45, 2.75) is 25.8 Å². The zero-order chi connectivity index (χ0) is 10.7. The molecular formula is C10H14ClN3O. The summed E-state index contributed by atoms with van der Waals surface area (Å²) in [7, 11) is 0. The smallest absolute Gasteiger partial charge is 0.317 e. The van der Waals surface area contributed by atoms with Gasteiger partial charge >= 0.3 is 6.01 Å². The first-order valence-electron chi connectivity index (χ1n) is 5.11. The van der Waals surface area contributed by atoms with Gasteiger partial charge in [0.1, 0.15) is 11.8 Å². The molecule has 0 spiro atoms. The van der Waals surface area contributed by atoms with Gasteiger partial charge in [0.15, 0.2) is 0 Å². The van der Waals surface area contributed by atoms with Crippen molar-refractivity contribution in [3.8, 4) is 6.01 Å². The lowest BCUT2D eigenvalue weighted by Gasteiger charge is -2.10. The summed E-state index contributed by atoms with van der Waals surface area (Å²) in [5.41, 5.74) is 0.864. The summed E-state index contributed by atoms with van der Waals surface area (Å²) in [6.45, 7) is 3.55. The van der Waals surface area contributed by atoms with Gasteiger partial charge in [0, 0.05) is 17.8 Å². The number of hydrogen-bond donors (Lipinski definition) is 1. The van der Waals surface area contributed by atoms with E-state index < -0.39 is 0 Å². The van der Waals surface area contributed by atoms with Crippen molar-refractivity contribution in [2.75, 3.05) is 13.2 Å². The Labute approximate surface area is 94.0 Å². The Kier molecular flexibility index (Phi) is 3.38. The molecule has 2 heterocycles. The van der Waals surface area contributed by atoms with Crippen molar-refractivity contribution in [3.63, 3.8) is 0 Å². The maximum atomic E-state index is 5.86. The fourth-order valence-electron chi connectivity index (χ4n) is 1.55. The number of nitrogens with zero attached hydrogens (tertiary/aromatic N) is 2. The molecule has 0 radical (unpaired) electrons. The molecule has 1 saturated heterocycles. The molecule has 0 aliphatic carbocycles. The maximum absolute atomic E-state index is 5.86. The fraction of sp³-hybridized carbons (Fsp3) is 0.600. The van der Waals surface area contributed by atoms with E-state index >= 15 is 0 Å². The van der Waals surface area contributed by atoms with Crippen LogP contribution in [0.25, 0.3) is 0 Å². The van der Waals surface area contributed by atoms with Crippen molar-refractivity contribution < 1.29 is 4.74 Å². The molecule has 15 heavy (non-hydrogen) atoms. The molecule has 1 aliphatic rings. The Morgan fingerprint density at radius 1 is 1.67 bits per heavy atom.